The van der Waals surface area contributed by atoms with Crippen LogP contribution in [0.1, 0.15) is 64.0 Å². The van der Waals surface area contributed by atoms with Gasteiger partial charge in [-0.15, -0.1) is 0 Å². The third kappa shape index (κ3) is 11.4. The summed E-state index contributed by atoms with van der Waals surface area (Å²) in [4.78, 5) is 63.1. The van der Waals surface area contributed by atoms with Gasteiger partial charge in [0.25, 0.3) is 5.91 Å². The van der Waals surface area contributed by atoms with E-state index in [0.29, 0.717) is 6.42 Å². The molecular weight excluding hydrogens is 552 g/mol. The van der Waals surface area contributed by atoms with Crippen LogP contribution in [0.4, 0.5) is 0 Å². The van der Waals surface area contributed by atoms with E-state index in [1.54, 1.807) is 20.8 Å². The van der Waals surface area contributed by atoms with E-state index in [2.05, 4.69) is 21.3 Å². The number of unbranched alkanes of at least 4 members (excludes halogenated alkanes) is 1. The second-order valence-electron chi connectivity index (χ2n) is 10.3. The topological polar surface area (TPSA) is 151 Å². The van der Waals surface area contributed by atoms with Gasteiger partial charge in [-0.05, 0) is 44.6 Å². The number of benzene rings is 1. The summed E-state index contributed by atoms with van der Waals surface area (Å²) < 4.78 is 11.8. The van der Waals surface area contributed by atoms with Gasteiger partial charge in [-0.2, -0.15) is 0 Å². The summed E-state index contributed by atoms with van der Waals surface area (Å²) in [5.74, 6) is -2.36. The maximum Gasteiger partial charge on any atom is 0.289 e. The van der Waals surface area contributed by atoms with Crippen molar-refractivity contribution in [1.82, 2.24) is 21.3 Å². The first-order valence-corrected chi connectivity index (χ1v) is 16.5. The Morgan fingerprint density at radius 2 is 1.70 bits per heavy atom. The Morgan fingerprint density at radius 3 is 2.30 bits per heavy atom. The molecule has 2 unspecified atom stereocenters. The van der Waals surface area contributed by atoms with Crippen molar-refractivity contribution >= 4 is 50.0 Å². The van der Waals surface area contributed by atoms with Gasteiger partial charge >= 0.3 is 0 Å². The van der Waals surface area contributed by atoms with Crippen molar-refractivity contribution in [2.24, 2.45) is 5.92 Å². The summed E-state index contributed by atoms with van der Waals surface area (Å²) in [5.41, 5.74) is 1.81. The number of Topliss-reactive ketones (excluding diaryl/α,β-unsaturated/α-hetero) is 1. The molecule has 0 saturated carbocycles. The highest BCUT2D eigenvalue weighted by Gasteiger charge is 2.31. The molecule has 1 fully saturated rings. The highest BCUT2D eigenvalue weighted by atomic mass is 33.1. The lowest BCUT2D eigenvalue weighted by Crippen LogP contribution is -2.57. The molecule has 1 saturated heterocycles. The smallest absolute Gasteiger partial charge is 0.289 e. The average Bonchev–Trinajstić information content (AvgIpc) is 3.33. The summed E-state index contributed by atoms with van der Waals surface area (Å²) in [7, 11) is 0.655. The minimum atomic E-state index is -1.11. The van der Waals surface area contributed by atoms with E-state index < -0.39 is 45.4 Å². The van der Waals surface area contributed by atoms with Gasteiger partial charge in [0.15, 0.2) is 0 Å². The molecule has 2 rings (SSSR count). The lowest BCUT2D eigenvalue weighted by atomic mass is 9.98. The maximum absolute atomic E-state index is 13.2. The molecule has 1 aromatic rings. The fraction of sp³-hybridized carbons (Fsp3) is 0.607. The quantitative estimate of drug-likeness (QED) is 0.129. The van der Waals surface area contributed by atoms with E-state index in [1.165, 1.54) is 10.8 Å². The zero-order chi connectivity index (χ0) is 29.7. The second kappa shape index (κ2) is 17.2. The Kier molecular flexibility index (Phi) is 14.4. The van der Waals surface area contributed by atoms with Gasteiger partial charge in [0.1, 0.15) is 12.1 Å². The summed E-state index contributed by atoms with van der Waals surface area (Å²) in [6.45, 7) is 7.11. The van der Waals surface area contributed by atoms with Crippen molar-refractivity contribution in [2.75, 3.05) is 18.8 Å². The van der Waals surface area contributed by atoms with E-state index in [9.17, 15) is 28.2 Å². The van der Waals surface area contributed by atoms with Gasteiger partial charge in [-0.1, -0.05) is 60.9 Å². The number of nitrogens with one attached hydrogen (secondary N) is 4. The van der Waals surface area contributed by atoms with Crippen LogP contribution in [0, 0.1) is 12.8 Å². The van der Waals surface area contributed by atoms with Crippen molar-refractivity contribution in [3.63, 3.8) is 0 Å². The predicted molar refractivity (Wildman–Crippen MR) is 158 cm³/mol. The summed E-state index contributed by atoms with van der Waals surface area (Å²) >= 11 is 0. The lowest BCUT2D eigenvalue weighted by Gasteiger charge is -2.25. The van der Waals surface area contributed by atoms with Gasteiger partial charge in [-0.25, -0.2) is 4.21 Å². The van der Waals surface area contributed by atoms with Gasteiger partial charge in [0.05, 0.1) is 16.4 Å². The van der Waals surface area contributed by atoms with Crippen LogP contribution in [-0.4, -0.2) is 69.8 Å². The molecule has 0 radical (unpaired) electrons. The summed E-state index contributed by atoms with van der Waals surface area (Å²) in [6, 6.07) is 5.34. The van der Waals surface area contributed by atoms with Crippen LogP contribution in [0.2, 0.25) is 0 Å². The number of hydrogen-bond donors (Lipinski definition) is 4. The number of aryl methyl sites for hydroxylation is 1. The number of ketones is 1. The van der Waals surface area contributed by atoms with E-state index >= 15 is 0 Å². The van der Waals surface area contributed by atoms with Crippen LogP contribution in [0.3, 0.4) is 0 Å². The molecule has 0 bridgehead atoms. The molecule has 0 aromatic heterocycles. The fourth-order valence-electron chi connectivity index (χ4n) is 4.22. The highest BCUT2D eigenvalue weighted by molar-refractivity contribution is 8.69. The first-order valence-electron chi connectivity index (χ1n) is 13.8. The largest absolute Gasteiger partial charge is 0.350 e. The highest BCUT2D eigenvalue weighted by Crippen LogP contribution is 2.29. The number of carbonyl (C=O) groups excluding carboxylic acids is 5. The second-order valence-corrected chi connectivity index (χ2v) is 13.8. The van der Waals surface area contributed by atoms with E-state index in [1.807, 2.05) is 31.2 Å². The zero-order valence-electron chi connectivity index (χ0n) is 23.7. The Hall–Kier alpha value is -2.73. The standard InChI is InChI=1S/C28H42N4O6S2/c1-5-29-28(37)26(35)22(16-20-12-10-19(4)11-13-20)31-27(36)25(18(2)3)32-24(34)17-30-23(33)9-7-6-8-21-14-15-39-40(21)38/h10-13,18,21-22,25H,5-9,14-17H2,1-4H3,(H,29,37)(H,30,33)(H,31,36)(H,32,34)/t21?,22-,25-,40?/m0/s1. The van der Waals surface area contributed by atoms with E-state index in [4.69, 9.17) is 0 Å². The molecule has 12 heteroatoms. The molecule has 4 N–H and O–H groups in total. The first-order chi connectivity index (χ1) is 19.0. The van der Waals surface area contributed by atoms with Crippen LogP contribution in [-0.2, 0) is 40.2 Å². The molecule has 10 nitrogen and oxygen atoms in total. The molecule has 0 aliphatic carbocycles. The van der Waals surface area contributed by atoms with Crippen LogP contribution in [0.15, 0.2) is 24.3 Å². The zero-order valence-corrected chi connectivity index (χ0v) is 25.4. The van der Waals surface area contributed by atoms with Gasteiger partial charge in [0.2, 0.25) is 23.5 Å². The monoisotopic (exact) mass is 594 g/mol. The van der Waals surface area contributed by atoms with Gasteiger partial charge in [0, 0.05) is 30.4 Å². The Balaban J connectivity index is 1.90. The van der Waals surface area contributed by atoms with Crippen LogP contribution >= 0.6 is 10.8 Å². The Morgan fingerprint density at radius 1 is 1.00 bits per heavy atom. The molecule has 40 heavy (non-hydrogen) atoms. The predicted octanol–water partition coefficient (Wildman–Crippen LogP) is 1.71. The van der Waals surface area contributed by atoms with Crippen molar-refractivity contribution in [1.29, 1.82) is 0 Å². The van der Waals surface area contributed by atoms with Gasteiger partial charge in [-0.3, -0.25) is 24.0 Å². The Bertz CT molecular complexity index is 1060. The molecule has 0 spiro atoms. The third-order valence-corrected chi connectivity index (χ3v) is 10.2. The van der Waals surface area contributed by atoms with Crippen molar-refractivity contribution < 1.29 is 28.2 Å². The summed E-state index contributed by atoms with van der Waals surface area (Å²) in [5, 5.41) is 10.5. The molecule has 1 aromatic carbocycles. The number of rotatable bonds is 16. The number of hydrogen-bond acceptors (Lipinski definition) is 7. The molecule has 1 heterocycles. The maximum atomic E-state index is 13.2. The molecule has 4 atom stereocenters. The van der Waals surface area contributed by atoms with Crippen molar-refractivity contribution in [3.8, 4) is 0 Å². The lowest BCUT2D eigenvalue weighted by molar-refractivity contribution is -0.140. The molecule has 222 valence electrons. The number of carbonyl (C=O) groups is 5. The average molecular weight is 595 g/mol. The first kappa shape index (κ1) is 33.5. The van der Waals surface area contributed by atoms with Crippen LogP contribution in [0.5, 0.6) is 0 Å². The van der Waals surface area contributed by atoms with Crippen LogP contribution in [0.25, 0.3) is 0 Å². The van der Waals surface area contributed by atoms with Crippen molar-refractivity contribution in [2.45, 2.75) is 83.6 Å². The molecule has 1 aliphatic heterocycles. The third-order valence-electron chi connectivity index (χ3n) is 6.56. The normalized spacial score (nSPS) is 18.0. The van der Waals surface area contributed by atoms with Gasteiger partial charge < -0.3 is 21.3 Å². The minimum absolute atomic E-state index is 0.117. The minimum Gasteiger partial charge on any atom is -0.350 e. The number of likely N-dealkylation sites (N-methyl/N-ethyl adjacent to an activating group) is 1. The van der Waals surface area contributed by atoms with E-state index in [0.717, 1.165) is 36.1 Å². The van der Waals surface area contributed by atoms with Crippen molar-refractivity contribution in [3.05, 3.63) is 35.4 Å². The molecular formula is C28H42N4O6S2. The van der Waals surface area contributed by atoms with Crippen LogP contribution < -0.4 is 21.3 Å². The molecule has 1 aliphatic rings. The SMILES string of the molecule is CCNC(=O)C(=O)[C@H](Cc1ccc(C)cc1)NC(=O)[C@@H](NC(=O)CNC(=O)CCCCC1CCSS1=O)C(C)C. The van der Waals surface area contributed by atoms with E-state index in [-0.39, 0.29) is 43.0 Å². The fourth-order valence-corrected chi connectivity index (χ4v) is 7.71. The summed E-state index contributed by atoms with van der Waals surface area (Å²) in [6.07, 6.45) is 3.59. The molecule has 4 amide bonds. The number of amides is 4. The Labute approximate surface area is 242 Å².